The summed E-state index contributed by atoms with van der Waals surface area (Å²) in [7, 11) is 3.18. The predicted molar refractivity (Wildman–Crippen MR) is 90.2 cm³/mol. The number of carbonyl (C=O) groups excluding carboxylic acids is 1. The summed E-state index contributed by atoms with van der Waals surface area (Å²) in [5.41, 5.74) is 6.42. The van der Waals surface area contributed by atoms with Crippen LogP contribution in [0, 0.1) is 0 Å². The summed E-state index contributed by atoms with van der Waals surface area (Å²) < 4.78 is 5.18. The molecule has 122 valence electrons. The molecule has 0 bridgehead atoms. The van der Waals surface area contributed by atoms with Gasteiger partial charge in [0, 0.05) is 12.6 Å². The van der Waals surface area contributed by atoms with Crippen LogP contribution < -0.4 is 10.5 Å². The summed E-state index contributed by atoms with van der Waals surface area (Å²) in [6.45, 7) is 1.82. The topological polar surface area (TPSA) is 88.2 Å². The zero-order chi connectivity index (χ0) is 17.0. The van der Waals surface area contributed by atoms with Gasteiger partial charge in [-0.2, -0.15) is 0 Å². The highest BCUT2D eigenvalue weighted by atomic mass is 16.5. The first-order chi connectivity index (χ1) is 10.9. The number of rotatable bonds is 4. The smallest absolute Gasteiger partial charge is 0.231 e. The number of ether oxygens (including phenoxy) is 1. The van der Waals surface area contributed by atoms with Crippen molar-refractivity contribution in [2.75, 3.05) is 14.2 Å². The molecule has 1 amide bonds. The lowest BCUT2D eigenvalue weighted by Gasteiger charge is -2.31. The largest absolute Gasteiger partial charge is 0.515 e. The zero-order valence-corrected chi connectivity index (χ0v) is 13.5. The molecule has 1 aliphatic rings. The third-order valence-electron chi connectivity index (χ3n) is 3.76. The standard InChI is InChI=1S/C17H21N3O3/c1-17(10-15(22)20(2)16(18)19-17)8-7-13(11-21)12-5-4-6-14(9-12)23-3/h4-9,11,21H,10H2,1-3H3,(H2,18,19)/b8-7+,13-11+/t17-/m1/s1. The number of aliphatic hydroxyl groups excluding tert-OH is 1. The zero-order valence-electron chi connectivity index (χ0n) is 13.5. The van der Waals surface area contributed by atoms with Crippen LogP contribution in [0.1, 0.15) is 18.9 Å². The number of allylic oxidation sites excluding steroid dienone is 2. The molecular weight excluding hydrogens is 294 g/mol. The summed E-state index contributed by atoms with van der Waals surface area (Å²) in [5.74, 6) is 0.781. The number of methoxy groups -OCH3 is 1. The summed E-state index contributed by atoms with van der Waals surface area (Å²) >= 11 is 0. The summed E-state index contributed by atoms with van der Waals surface area (Å²) in [4.78, 5) is 17.6. The van der Waals surface area contributed by atoms with Crippen molar-refractivity contribution in [3.8, 4) is 5.75 Å². The average Bonchev–Trinajstić information content (AvgIpc) is 2.53. The van der Waals surface area contributed by atoms with Crippen LogP contribution in [0.5, 0.6) is 5.75 Å². The third-order valence-corrected chi connectivity index (χ3v) is 3.76. The minimum Gasteiger partial charge on any atom is -0.515 e. The molecule has 1 heterocycles. The molecular formula is C17H21N3O3. The molecule has 0 aromatic heterocycles. The number of nitrogens with two attached hydrogens (primary N) is 1. The second kappa shape index (κ2) is 6.56. The molecule has 2 rings (SSSR count). The van der Waals surface area contributed by atoms with Crippen molar-refractivity contribution in [2.24, 2.45) is 10.7 Å². The van der Waals surface area contributed by atoms with Gasteiger partial charge in [0.2, 0.25) is 5.91 Å². The van der Waals surface area contributed by atoms with Crippen LogP contribution in [0.3, 0.4) is 0 Å². The summed E-state index contributed by atoms with van der Waals surface area (Å²) in [6, 6.07) is 7.33. The Kier molecular flexibility index (Phi) is 4.74. The fraction of sp³-hybridized carbons (Fsp3) is 0.294. The van der Waals surface area contributed by atoms with Crippen molar-refractivity contribution in [3.63, 3.8) is 0 Å². The SMILES string of the molecule is COc1cccc(C(/C=C/[C@]2(C)CC(=O)N(C)C(N)=N2)=C/O)c1. The monoisotopic (exact) mass is 315 g/mol. The van der Waals surface area contributed by atoms with Gasteiger partial charge < -0.3 is 15.6 Å². The molecule has 0 unspecified atom stereocenters. The van der Waals surface area contributed by atoms with Gasteiger partial charge in [0.25, 0.3) is 0 Å². The van der Waals surface area contributed by atoms with Gasteiger partial charge in [-0.3, -0.25) is 9.69 Å². The van der Waals surface area contributed by atoms with Crippen LogP contribution in [-0.4, -0.2) is 41.6 Å². The third kappa shape index (κ3) is 3.71. The maximum absolute atomic E-state index is 11.9. The number of hydrogen-bond acceptors (Lipinski definition) is 5. The van der Waals surface area contributed by atoms with E-state index in [0.29, 0.717) is 11.3 Å². The van der Waals surface area contributed by atoms with Gasteiger partial charge in [0.05, 0.1) is 25.3 Å². The van der Waals surface area contributed by atoms with E-state index in [-0.39, 0.29) is 18.3 Å². The second-order valence-corrected chi connectivity index (χ2v) is 5.61. The number of nitrogens with zero attached hydrogens (tertiary/aromatic N) is 2. The highest BCUT2D eigenvalue weighted by molar-refractivity contribution is 5.99. The molecule has 6 heteroatoms. The molecule has 0 spiro atoms. The van der Waals surface area contributed by atoms with Crippen LogP contribution in [0.25, 0.3) is 5.57 Å². The van der Waals surface area contributed by atoms with Crippen LogP contribution >= 0.6 is 0 Å². The first-order valence-electron chi connectivity index (χ1n) is 7.18. The van der Waals surface area contributed by atoms with Gasteiger partial charge in [-0.25, -0.2) is 4.99 Å². The van der Waals surface area contributed by atoms with Crippen molar-refractivity contribution in [3.05, 3.63) is 48.2 Å². The van der Waals surface area contributed by atoms with E-state index in [1.165, 1.54) is 4.90 Å². The molecule has 3 N–H and O–H groups in total. The number of guanidine groups is 1. The van der Waals surface area contributed by atoms with Gasteiger partial charge >= 0.3 is 0 Å². The summed E-state index contributed by atoms with van der Waals surface area (Å²) in [5, 5.41) is 9.51. The van der Waals surface area contributed by atoms with Crippen molar-refractivity contribution >= 4 is 17.4 Å². The highest BCUT2D eigenvalue weighted by Gasteiger charge is 2.32. The van der Waals surface area contributed by atoms with Crippen molar-refractivity contribution in [1.29, 1.82) is 0 Å². The Morgan fingerprint density at radius 2 is 2.26 bits per heavy atom. The number of carbonyl (C=O) groups is 1. The Bertz CT molecular complexity index is 694. The van der Waals surface area contributed by atoms with Crippen LogP contribution in [-0.2, 0) is 4.79 Å². The average molecular weight is 315 g/mol. The second-order valence-electron chi connectivity index (χ2n) is 5.61. The van der Waals surface area contributed by atoms with E-state index in [1.807, 2.05) is 31.2 Å². The van der Waals surface area contributed by atoms with E-state index in [2.05, 4.69) is 4.99 Å². The lowest BCUT2D eigenvalue weighted by molar-refractivity contribution is -0.127. The highest BCUT2D eigenvalue weighted by Crippen LogP contribution is 2.26. The first kappa shape index (κ1) is 16.6. The van der Waals surface area contributed by atoms with Crippen molar-refractivity contribution in [2.45, 2.75) is 18.9 Å². The minimum atomic E-state index is -0.735. The first-order valence-corrected chi connectivity index (χ1v) is 7.18. The van der Waals surface area contributed by atoms with Crippen LogP contribution in [0.15, 0.2) is 47.7 Å². The number of benzene rings is 1. The van der Waals surface area contributed by atoms with Gasteiger partial charge in [0.15, 0.2) is 5.96 Å². The number of aliphatic imine (C=N–C) groups is 1. The van der Waals surface area contributed by atoms with E-state index in [4.69, 9.17) is 10.5 Å². The molecule has 1 aromatic rings. The predicted octanol–water partition coefficient (Wildman–Crippen LogP) is 2.09. The van der Waals surface area contributed by atoms with E-state index in [9.17, 15) is 9.90 Å². The number of amides is 1. The Morgan fingerprint density at radius 1 is 1.52 bits per heavy atom. The number of aliphatic hydroxyl groups is 1. The molecule has 23 heavy (non-hydrogen) atoms. The van der Waals surface area contributed by atoms with Crippen LogP contribution in [0.2, 0.25) is 0 Å². The van der Waals surface area contributed by atoms with Crippen molar-refractivity contribution < 1.29 is 14.6 Å². The molecule has 0 radical (unpaired) electrons. The molecule has 6 nitrogen and oxygen atoms in total. The Hall–Kier alpha value is -2.76. The maximum Gasteiger partial charge on any atom is 0.231 e. The van der Waals surface area contributed by atoms with E-state index in [0.717, 1.165) is 11.8 Å². The molecule has 0 saturated heterocycles. The Labute approximate surface area is 135 Å². The van der Waals surface area contributed by atoms with Crippen LogP contribution in [0.4, 0.5) is 0 Å². The fourth-order valence-electron chi connectivity index (χ4n) is 2.31. The van der Waals surface area contributed by atoms with Crippen molar-refractivity contribution in [1.82, 2.24) is 4.90 Å². The minimum absolute atomic E-state index is 0.0967. The Balaban J connectivity index is 2.28. The van der Waals surface area contributed by atoms with Gasteiger partial charge in [-0.1, -0.05) is 24.3 Å². The van der Waals surface area contributed by atoms with Gasteiger partial charge in [-0.05, 0) is 24.6 Å². The molecule has 0 aliphatic carbocycles. The van der Waals surface area contributed by atoms with E-state index < -0.39 is 5.54 Å². The fourth-order valence-corrected chi connectivity index (χ4v) is 2.31. The normalized spacial score (nSPS) is 22.4. The lowest BCUT2D eigenvalue weighted by Crippen LogP contribution is -2.47. The van der Waals surface area contributed by atoms with Gasteiger partial charge in [0.1, 0.15) is 5.75 Å². The number of hydrogen-bond donors (Lipinski definition) is 2. The lowest BCUT2D eigenvalue weighted by atomic mass is 9.94. The Morgan fingerprint density at radius 3 is 2.87 bits per heavy atom. The van der Waals surface area contributed by atoms with E-state index >= 15 is 0 Å². The summed E-state index contributed by atoms with van der Waals surface area (Å²) in [6.07, 6.45) is 4.73. The molecule has 0 fully saturated rings. The van der Waals surface area contributed by atoms with E-state index in [1.54, 1.807) is 26.3 Å². The quantitative estimate of drug-likeness (QED) is 0.658. The maximum atomic E-state index is 11.9. The molecule has 1 aromatic carbocycles. The van der Waals surface area contributed by atoms with Gasteiger partial charge in [-0.15, -0.1) is 0 Å². The molecule has 1 aliphatic heterocycles. The molecule has 1 atom stereocenters. The molecule has 0 saturated carbocycles.